The number of anilines is 1. The molecule has 0 radical (unpaired) electrons. The van der Waals surface area contributed by atoms with Crippen LogP contribution in [0.15, 0.2) is 24.3 Å². The summed E-state index contributed by atoms with van der Waals surface area (Å²) in [5.74, 6) is 3.86. The Labute approximate surface area is 181 Å². The van der Waals surface area contributed by atoms with Crippen LogP contribution in [0.25, 0.3) is 0 Å². The SMILES string of the molecule is CCOc1ccccc1N1CC[NH+]([C@H](C)C(=O)NC23CC4CC(CC(C4)C2)C3)CC1. The Morgan fingerprint density at radius 3 is 2.33 bits per heavy atom. The van der Waals surface area contributed by atoms with E-state index >= 15 is 0 Å². The van der Waals surface area contributed by atoms with Crippen LogP contribution >= 0.6 is 0 Å². The molecular formula is C25H38N3O2+. The molecule has 5 aliphatic rings. The third kappa shape index (κ3) is 3.81. The number of hydrogen-bond donors (Lipinski definition) is 2. The Bertz CT molecular complexity index is 736. The minimum atomic E-state index is 0.0299. The van der Waals surface area contributed by atoms with Crippen molar-refractivity contribution in [3.63, 3.8) is 0 Å². The molecule has 5 heteroatoms. The Hall–Kier alpha value is -1.75. The Balaban J connectivity index is 1.18. The van der Waals surface area contributed by atoms with E-state index in [1.807, 2.05) is 13.0 Å². The van der Waals surface area contributed by atoms with Gasteiger partial charge in [-0.15, -0.1) is 0 Å². The average molecular weight is 413 g/mol. The molecule has 4 bridgehead atoms. The van der Waals surface area contributed by atoms with E-state index in [0.29, 0.717) is 6.61 Å². The van der Waals surface area contributed by atoms with Crippen molar-refractivity contribution in [3.05, 3.63) is 24.3 Å². The maximum Gasteiger partial charge on any atom is 0.278 e. The molecule has 1 atom stereocenters. The smallest absolute Gasteiger partial charge is 0.278 e. The second kappa shape index (κ2) is 8.07. The van der Waals surface area contributed by atoms with Gasteiger partial charge in [0.25, 0.3) is 5.91 Å². The lowest BCUT2D eigenvalue weighted by atomic mass is 9.53. The second-order valence-electron chi connectivity index (χ2n) is 10.5. The fourth-order valence-electron chi connectivity index (χ4n) is 7.28. The highest BCUT2D eigenvalue weighted by Crippen LogP contribution is 2.55. The van der Waals surface area contributed by atoms with E-state index in [4.69, 9.17) is 4.74 Å². The molecule has 1 saturated heterocycles. The van der Waals surface area contributed by atoms with Crippen LogP contribution in [0.2, 0.25) is 0 Å². The number of carbonyl (C=O) groups excluding carboxylic acids is 1. The number of hydrogen-bond acceptors (Lipinski definition) is 3. The largest absolute Gasteiger partial charge is 0.492 e. The molecule has 30 heavy (non-hydrogen) atoms. The molecule has 1 heterocycles. The summed E-state index contributed by atoms with van der Waals surface area (Å²) in [7, 11) is 0. The fourth-order valence-corrected chi connectivity index (χ4v) is 7.28. The third-order valence-electron chi connectivity index (χ3n) is 8.34. The molecule has 5 nitrogen and oxygen atoms in total. The zero-order chi connectivity index (χ0) is 20.7. The van der Waals surface area contributed by atoms with Crippen molar-refractivity contribution in [2.45, 2.75) is 64.0 Å². The van der Waals surface area contributed by atoms with Crippen LogP contribution in [0.4, 0.5) is 5.69 Å². The summed E-state index contributed by atoms with van der Waals surface area (Å²) in [5, 5.41) is 3.60. The number of carbonyl (C=O) groups is 1. The van der Waals surface area contributed by atoms with Crippen LogP contribution < -0.4 is 19.9 Å². The number of piperazine rings is 1. The van der Waals surface area contributed by atoms with Crippen LogP contribution in [0, 0.1) is 17.8 Å². The fraction of sp³-hybridized carbons (Fsp3) is 0.720. The van der Waals surface area contributed by atoms with Gasteiger partial charge >= 0.3 is 0 Å². The first kappa shape index (κ1) is 20.2. The Morgan fingerprint density at radius 1 is 1.13 bits per heavy atom. The summed E-state index contributed by atoms with van der Waals surface area (Å²) in [6.45, 7) is 8.77. The van der Waals surface area contributed by atoms with Gasteiger partial charge in [-0.05, 0) is 82.3 Å². The predicted octanol–water partition coefficient (Wildman–Crippen LogP) is 2.26. The first-order valence-corrected chi connectivity index (χ1v) is 12.2. The molecular weight excluding hydrogens is 374 g/mol. The van der Waals surface area contributed by atoms with E-state index in [2.05, 4.69) is 35.3 Å². The molecule has 2 N–H and O–H groups in total. The molecule has 4 saturated carbocycles. The van der Waals surface area contributed by atoms with Crippen molar-refractivity contribution in [3.8, 4) is 5.75 Å². The Kier molecular flexibility index (Phi) is 5.42. The van der Waals surface area contributed by atoms with Crippen LogP contribution in [0.3, 0.4) is 0 Å². The predicted molar refractivity (Wildman–Crippen MR) is 119 cm³/mol. The molecule has 0 aromatic heterocycles. The summed E-state index contributed by atoms with van der Waals surface area (Å²) in [5.41, 5.74) is 1.31. The lowest BCUT2D eigenvalue weighted by molar-refractivity contribution is -0.914. The van der Waals surface area contributed by atoms with Gasteiger partial charge in [-0.1, -0.05) is 12.1 Å². The summed E-state index contributed by atoms with van der Waals surface area (Å²) in [4.78, 5) is 17.1. The number of benzene rings is 1. The topological polar surface area (TPSA) is 46.0 Å². The van der Waals surface area contributed by atoms with Crippen molar-refractivity contribution in [1.82, 2.24) is 5.32 Å². The van der Waals surface area contributed by atoms with Crippen LogP contribution in [-0.4, -0.2) is 50.3 Å². The molecule has 1 aromatic rings. The number of amides is 1. The lowest BCUT2D eigenvalue weighted by Crippen LogP contribution is -3.19. The van der Waals surface area contributed by atoms with Crippen molar-refractivity contribution in [1.29, 1.82) is 0 Å². The summed E-state index contributed by atoms with van der Waals surface area (Å²) in [6, 6.07) is 8.35. The second-order valence-corrected chi connectivity index (χ2v) is 10.5. The summed E-state index contributed by atoms with van der Waals surface area (Å²) >= 11 is 0. The highest BCUT2D eigenvalue weighted by Gasteiger charge is 2.52. The first-order valence-electron chi connectivity index (χ1n) is 12.2. The van der Waals surface area contributed by atoms with E-state index < -0.39 is 0 Å². The number of quaternary nitrogens is 1. The van der Waals surface area contributed by atoms with Gasteiger partial charge in [0.2, 0.25) is 0 Å². The van der Waals surface area contributed by atoms with Gasteiger partial charge in [-0.2, -0.15) is 0 Å². The summed E-state index contributed by atoms with van der Waals surface area (Å²) in [6.07, 6.45) is 7.95. The lowest BCUT2D eigenvalue weighted by Gasteiger charge is -2.57. The van der Waals surface area contributed by atoms with E-state index in [-0.39, 0.29) is 17.5 Å². The Morgan fingerprint density at radius 2 is 1.73 bits per heavy atom. The van der Waals surface area contributed by atoms with Crippen molar-refractivity contribution < 1.29 is 14.4 Å². The molecule has 5 fully saturated rings. The number of para-hydroxylation sites is 2. The van der Waals surface area contributed by atoms with E-state index in [1.165, 1.54) is 49.1 Å². The molecule has 164 valence electrons. The molecule has 1 aromatic carbocycles. The minimum Gasteiger partial charge on any atom is -0.492 e. The monoisotopic (exact) mass is 412 g/mol. The number of nitrogens with one attached hydrogen (secondary N) is 2. The van der Waals surface area contributed by atoms with Gasteiger partial charge in [-0.25, -0.2) is 0 Å². The zero-order valence-electron chi connectivity index (χ0n) is 18.7. The molecule has 0 unspecified atom stereocenters. The number of rotatable bonds is 6. The summed E-state index contributed by atoms with van der Waals surface area (Å²) < 4.78 is 5.82. The number of ether oxygens (including phenoxy) is 1. The molecule has 0 spiro atoms. The molecule has 6 rings (SSSR count). The van der Waals surface area contributed by atoms with Crippen molar-refractivity contribution in [2.75, 3.05) is 37.7 Å². The normalized spacial score (nSPS) is 34.1. The van der Waals surface area contributed by atoms with Crippen LogP contribution in [0.1, 0.15) is 52.4 Å². The maximum atomic E-state index is 13.3. The standard InChI is InChI=1S/C25H37N3O2/c1-3-30-23-7-5-4-6-22(23)28-10-8-27(9-11-28)18(2)24(29)26-25-15-19-12-20(16-25)14-21(13-19)17-25/h4-7,18-21H,3,8-17H2,1-2H3,(H,26,29)/p+1/t18-,19?,20?,21?,25?/m1/s1. The molecule has 1 amide bonds. The average Bonchev–Trinajstić information content (AvgIpc) is 2.73. The van der Waals surface area contributed by atoms with E-state index in [0.717, 1.165) is 49.7 Å². The van der Waals surface area contributed by atoms with E-state index in [9.17, 15) is 4.79 Å². The zero-order valence-corrected chi connectivity index (χ0v) is 18.7. The van der Waals surface area contributed by atoms with Crippen molar-refractivity contribution >= 4 is 11.6 Å². The first-order chi connectivity index (χ1) is 14.5. The third-order valence-corrected chi connectivity index (χ3v) is 8.34. The highest BCUT2D eigenvalue weighted by molar-refractivity contribution is 5.80. The minimum absolute atomic E-state index is 0.0299. The van der Waals surface area contributed by atoms with Gasteiger partial charge < -0.3 is 19.9 Å². The quantitative estimate of drug-likeness (QED) is 0.754. The van der Waals surface area contributed by atoms with Gasteiger partial charge in [0, 0.05) is 5.54 Å². The van der Waals surface area contributed by atoms with Crippen LogP contribution in [0.5, 0.6) is 5.75 Å². The number of nitrogens with zero attached hydrogens (tertiary/aromatic N) is 1. The maximum absolute atomic E-state index is 13.3. The van der Waals surface area contributed by atoms with Crippen LogP contribution in [-0.2, 0) is 4.79 Å². The molecule has 4 aliphatic carbocycles. The van der Waals surface area contributed by atoms with Crippen molar-refractivity contribution in [2.24, 2.45) is 17.8 Å². The molecule has 1 aliphatic heterocycles. The van der Waals surface area contributed by atoms with Gasteiger partial charge in [0.1, 0.15) is 5.75 Å². The van der Waals surface area contributed by atoms with Gasteiger partial charge in [0.15, 0.2) is 6.04 Å². The highest BCUT2D eigenvalue weighted by atomic mass is 16.5. The van der Waals surface area contributed by atoms with Gasteiger partial charge in [0.05, 0.1) is 38.5 Å². The van der Waals surface area contributed by atoms with Gasteiger partial charge in [-0.3, -0.25) is 4.79 Å². The van der Waals surface area contributed by atoms with E-state index in [1.54, 1.807) is 0 Å².